The van der Waals surface area contributed by atoms with Gasteiger partial charge in [-0.05, 0) is 11.6 Å². The summed E-state index contributed by atoms with van der Waals surface area (Å²) in [6.45, 7) is 1.59. The van der Waals surface area contributed by atoms with Crippen LogP contribution in [0.1, 0.15) is 33.5 Å². The minimum Gasteiger partial charge on any atom is -0.368 e. The van der Waals surface area contributed by atoms with Crippen molar-refractivity contribution in [3.05, 3.63) is 65.2 Å². The Labute approximate surface area is 149 Å². The lowest BCUT2D eigenvalue weighted by atomic mass is 10.1. The second-order valence-electron chi connectivity index (χ2n) is 6.74. The van der Waals surface area contributed by atoms with Crippen molar-refractivity contribution in [2.75, 3.05) is 13.1 Å². The van der Waals surface area contributed by atoms with E-state index in [0.717, 1.165) is 17.8 Å². The zero-order valence-corrected chi connectivity index (χ0v) is 14.1. The highest BCUT2D eigenvalue weighted by Gasteiger charge is 2.41. The average molecular weight is 350 g/mol. The molecule has 1 N–H and O–H groups in total. The monoisotopic (exact) mass is 350 g/mol. The van der Waals surface area contributed by atoms with Crippen LogP contribution in [0.2, 0.25) is 0 Å². The smallest absolute Gasteiger partial charge is 0.274 e. The summed E-state index contributed by atoms with van der Waals surface area (Å²) in [5, 5.41) is 15.3. The van der Waals surface area contributed by atoms with Gasteiger partial charge in [-0.25, -0.2) is 4.68 Å². The van der Waals surface area contributed by atoms with Crippen LogP contribution in [0, 0.1) is 0 Å². The molecular formula is C18H18N6O2. The molecule has 1 fully saturated rings. The Balaban J connectivity index is 1.31. The predicted molar refractivity (Wildman–Crippen MR) is 91.4 cm³/mol. The second-order valence-corrected chi connectivity index (χ2v) is 6.74. The first-order chi connectivity index (χ1) is 12.8. The van der Waals surface area contributed by atoms with Crippen molar-refractivity contribution >= 4 is 5.91 Å². The number of nitrogens with one attached hydrogen (secondary N) is 1. The summed E-state index contributed by atoms with van der Waals surface area (Å²) in [6.07, 6.45) is 2.39. The second kappa shape index (κ2) is 6.06. The molecule has 2 atom stereocenters. The summed E-state index contributed by atoms with van der Waals surface area (Å²) in [6, 6.07) is 12.0. The van der Waals surface area contributed by atoms with Crippen LogP contribution in [-0.2, 0) is 17.8 Å². The van der Waals surface area contributed by atoms with Crippen LogP contribution in [-0.4, -0.2) is 55.2 Å². The normalized spacial score (nSPS) is 21.5. The molecule has 1 amide bonds. The predicted octanol–water partition coefficient (Wildman–Crippen LogP) is 1.19. The number of aromatic amines is 1. The van der Waals surface area contributed by atoms with Gasteiger partial charge in [0.15, 0.2) is 0 Å². The number of likely N-dealkylation sites (tertiary alicyclic amines) is 1. The molecule has 2 aliphatic heterocycles. The zero-order valence-electron chi connectivity index (χ0n) is 14.1. The third-order valence-electron chi connectivity index (χ3n) is 5.02. The summed E-state index contributed by atoms with van der Waals surface area (Å²) in [7, 11) is 0. The molecule has 0 spiro atoms. The molecule has 2 aromatic heterocycles. The molecule has 3 aromatic rings. The van der Waals surface area contributed by atoms with Gasteiger partial charge < -0.3 is 9.64 Å². The van der Waals surface area contributed by atoms with Crippen LogP contribution in [0.15, 0.2) is 42.6 Å². The van der Waals surface area contributed by atoms with E-state index in [2.05, 4.69) is 32.6 Å². The van der Waals surface area contributed by atoms with Gasteiger partial charge in [0.2, 0.25) is 0 Å². The standard InChI is InChI=1S/C18H18N6O2/c25-18(15-7-13(20-21-15)6-12-4-2-1-3-5-12)23-9-16-17(10-23)26-11-14-8-19-22-24(14)16/h1-5,7-8,16-17H,6,9-11H2,(H,20,21)/t16-,17-/m0/s1. The Bertz CT molecular complexity index is 934. The lowest BCUT2D eigenvalue weighted by Crippen LogP contribution is -2.32. The molecule has 8 nitrogen and oxygen atoms in total. The molecule has 1 aromatic carbocycles. The molecule has 0 radical (unpaired) electrons. The first kappa shape index (κ1) is 15.3. The van der Waals surface area contributed by atoms with Gasteiger partial charge >= 0.3 is 0 Å². The van der Waals surface area contributed by atoms with E-state index in [1.54, 1.807) is 11.1 Å². The van der Waals surface area contributed by atoms with Crippen molar-refractivity contribution in [2.45, 2.75) is 25.2 Å². The quantitative estimate of drug-likeness (QED) is 0.766. The van der Waals surface area contributed by atoms with Gasteiger partial charge in [-0.3, -0.25) is 9.89 Å². The number of carbonyl (C=O) groups excluding carboxylic acids is 1. The van der Waals surface area contributed by atoms with Crippen LogP contribution in [0.4, 0.5) is 0 Å². The number of nitrogens with zero attached hydrogens (tertiary/aromatic N) is 5. The van der Waals surface area contributed by atoms with Gasteiger partial charge in [-0.15, -0.1) is 5.10 Å². The number of hydrogen-bond acceptors (Lipinski definition) is 5. The number of aromatic nitrogens is 5. The lowest BCUT2D eigenvalue weighted by molar-refractivity contribution is -0.00490. The fourth-order valence-corrected chi connectivity index (χ4v) is 3.70. The molecule has 0 unspecified atom stereocenters. The SMILES string of the molecule is O=C(c1cc(Cc2ccccc2)[nH]n1)N1C[C@@H]2OCc3cnnn3[C@H]2C1. The van der Waals surface area contributed by atoms with Crippen molar-refractivity contribution in [3.63, 3.8) is 0 Å². The van der Waals surface area contributed by atoms with Crippen molar-refractivity contribution in [1.29, 1.82) is 0 Å². The van der Waals surface area contributed by atoms with Crippen LogP contribution < -0.4 is 0 Å². The molecule has 2 aliphatic rings. The number of carbonyl (C=O) groups is 1. The van der Waals surface area contributed by atoms with E-state index < -0.39 is 0 Å². The highest BCUT2D eigenvalue weighted by atomic mass is 16.5. The van der Waals surface area contributed by atoms with Crippen molar-refractivity contribution in [3.8, 4) is 0 Å². The molecule has 132 valence electrons. The average Bonchev–Trinajstić information content (AvgIpc) is 3.40. The molecule has 0 saturated carbocycles. The van der Waals surface area contributed by atoms with E-state index in [-0.39, 0.29) is 18.1 Å². The van der Waals surface area contributed by atoms with E-state index in [0.29, 0.717) is 25.4 Å². The number of H-pyrrole nitrogens is 1. The Kier molecular flexibility index (Phi) is 3.56. The lowest BCUT2D eigenvalue weighted by Gasteiger charge is -2.25. The van der Waals surface area contributed by atoms with E-state index >= 15 is 0 Å². The van der Waals surface area contributed by atoms with E-state index in [4.69, 9.17) is 4.74 Å². The Hall–Kier alpha value is -3.00. The number of fused-ring (bicyclic) bond motifs is 3. The van der Waals surface area contributed by atoms with Crippen molar-refractivity contribution in [2.24, 2.45) is 0 Å². The topological polar surface area (TPSA) is 88.9 Å². The summed E-state index contributed by atoms with van der Waals surface area (Å²) in [4.78, 5) is 14.6. The van der Waals surface area contributed by atoms with Crippen molar-refractivity contribution < 1.29 is 9.53 Å². The van der Waals surface area contributed by atoms with Crippen LogP contribution in [0.25, 0.3) is 0 Å². The van der Waals surface area contributed by atoms with E-state index in [1.807, 2.05) is 28.9 Å². The highest BCUT2D eigenvalue weighted by Crippen LogP contribution is 2.30. The molecule has 0 bridgehead atoms. The first-order valence-electron chi connectivity index (χ1n) is 8.66. The maximum atomic E-state index is 12.8. The van der Waals surface area contributed by atoms with Crippen LogP contribution >= 0.6 is 0 Å². The maximum absolute atomic E-state index is 12.8. The first-order valence-corrected chi connectivity index (χ1v) is 8.66. The molecule has 5 rings (SSSR count). The molecule has 4 heterocycles. The minimum absolute atomic E-state index is 0.0212. The summed E-state index contributed by atoms with van der Waals surface area (Å²) >= 11 is 0. The molecule has 26 heavy (non-hydrogen) atoms. The van der Waals surface area contributed by atoms with E-state index in [1.165, 1.54) is 5.56 Å². The highest BCUT2D eigenvalue weighted by molar-refractivity contribution is 5.92. The van der Waals surface area contributed by atoms with Gasteiger partial charge in [0.25, 0.3) is 5.91 Å². The van der Waals surface area contributed by atoms with Gasteiger partial charge in [0.1, 0.15) is 5.69 Å². The Morgan fingerprint density at radius 1 is 1.27 bits per heavy atom. The third-order valence-corrected chi connectivity index (χ3v) is 5.02. The van der Waals surface area contributed by atoms with Crippen LogP contribution in [0.3, 0.4) is 0 Å². The van der Waals surface area contributed by atoms with Gasteiger partial charge in [-0.1, -0.05) is 35.5 Å². The minimum atomic E-state index is -0.0831. The largest absolute Gasteiger partial charge is 0.368 e. The fraction of sp³-hybridized carbons (Fsp3) is 0.333. The molecule has 0 aliphatic carbocycles. The van der Waals surface area contributed by atoms with Crippen LogP contribution in [0.5, 0.6) is 0 Å². The number of ether oxygens (including phenoxy) is 1. The Morgan fingerprint density at radius 3 is 3.04 bits per heavy atom. The molecule has 8 heteroatoms. The molecular weight excluding hydrogens is 332 g/mol. The van der Waals surface area contributed by atoms with Gasteiger partial charge in [-0.2, -0.15) is 5.10 Å². The Morgan fingerprint density at radius 2 is 2.15 bits per heavy atom. The summed E-state index contributed by atoms with van der Waals surface area (Å²) in [5.41, 5.74) is 3.49. The number of rotatable bonds is 3. The van der Waals surface area contributed by atoms with E-state index in [9.17, 15) is 4.79 Å². The fourth-order valence-electron chi connectivity index (χ4n) is 3.70. The summed E-state index contributed by atoms with van der Waals surface area (Å²) < 4.78 is 7.75. The van der Waals surface area contributed by atoms with Gasteiger partial charge in [0.05, 0.1) is 30.6 Å². The number of amides is 1. The molecule has 1 saturated heterocycles. The maximum Gasteiger partial charge on any atom is 0.274 e. The number of hydrogen-bond donors (Lipinski definition) is 1. The van der Waals surface area contributed by atoms with Crippen molar-refractivity contribution in [1.82, 2.24) is 30.1 Å². The summed E-state index contributed by atoms with van der Waals surface area (Å²) in [5.74, 6) is -0.0831. The zero-order chi connectivity index (χ0) is 17.5. The van der Waals surface area contributed by atoms with Gasteiger partial charge in [0, 0.05) is 25.2 Å². The third kappa shape index (κ3) is 2.59. The number of benzene rings is 1.